The van der Waals surface area contributed by atoms with Gasteiger partial charge in [0.15, 0.2) is 5.78 Å². The van der Waals surface area contributed by atoms with Crippen LogP contribution in [0.3, 0.4) is 0 Å². The molecule has 0 unspecified atom stereocenters. The zero-order valence-electron chi connectivity index (χ0n) is 16.0. The fourth-order valence-corrected chi connectivity index (χ4v) is 3.41. The van der Waals surface area contributed by atoms with Crippen LogP contribution in [0.4, 0.5) is 5.69 Å². The van der Waals surface area contributed by atoms with Crippen LogP contribution in [0, 0.1) is 0 Å². The van der Waals surface area contributed by atoms with Crippen LogP contribution in [-0.2, 0) is 9.59 Å². The average Bonchev–Trinajstić information content (AvgIpc) is 2.76. The Kier molecular flexibility index (Phi) is 7.22. The van der Waals surface area contributed by atoms with E-state index in [1.54, 1.807) is 18.2 Å². The molecule has 5 nitrogen and oxygen atoms in total. The molecule has 150 valence electrons. The van der Waals surface area contributed by atoms with Crippen molar-refractivity contribution in [3.05, 3.63) is 76.8 Å². The predicted octanol–water partition coefficient (Wildman–Crippen LogP) is 3.28. The van der Waals surface area contributed by atoms with Crippen molar-refractivity contribution in [3.63, 3.8) is 0 Å². The number of para-hydroxylation sites is 1. The number of piperazine rings is 1. The molecule has 0 bridgehead atoms. The minimum absolute atomic E-state index is 0.0276. The maximum Gasteiger partial charge on any atom is 0.246 e. The number of hydrogen-bond acceptors (Lipinski definition) is 4. The predicted molar refractivity (Wildman–Crippen MR) is 117 cm³/mol. The van der Waals surface area contributed by atoms with Crippen LogP contribution in [0.15, 0.2) is 60.7 Å². The molecule has 0 aromatic heterocycles. The molecule has 1 heterocycles. The Labute approximate surface area is 175 Å². The summed E-state index contributed by atoms with van der Waals surface area (Å²) in [4.78, 5) is 27.7. The van der Waals surface area contributed by atoms with Crippen LogP contribution < -0.4 is 4.90 Å². The van der Waals surface area contributed by atoms with Crippen molar-refractivity contribution in [2.45, 2.75) is 0 Å². The lowest BCUT2D eigenvalue weighted by molar-refractivity contribution is -0.126. The van der Waals surface area contributed by atoms with Gasteiger partial charge in [-0.1, -0.05) is 48.0 Å². The number of amides is 1. The standard InChI is InChI=1S/C23H23ClN2O3/c24-21-6-1-2-7-22(21)25-12-14-26(15-13-25)23(29)11-9-19-5-3-4-18(16-19)8-10-20(28)17-27/h1-11,16,27H,12-15,17H2/b10-8+,11-9+. The van der Waals surface area contributed by atoms with Gasteiger partial charge in [-0.2, -0.15) is 0 Å². The first kappa shape index (κ1) is 20.8. The van der Waals surface area contributed by atoms with Crippen LogP contribution in [-0.4, -0.2) is 54.5 Å². The fraction of sp³-hybridized carbons (Fsp3) is 0.217. The molecule has 0 saturated carbocycles. The maximum atomic E-state index is 12.5. The van der Waals surface area contributed by atoms with Crippen LogP contribution in [0.2, 0.25) is 5.02 Å². The Morgan fingerprint density at radius 3 is 2.24 bits per heavy atom. The quantitative estimate of drug-likeness (QED) is 0.742. The van der Waals surface area contributed by atoms with E-state index in [0.29, 0.717) is 13.1 Å². The van der Waals surface area contributed by atoms with E-state index in [4.69, 9.17) is 16.7 Å². The largest absolute Gasteiger partial charge is 0.388 e. The van der Waals surface area contributed by atoms with Gasteiger partial charge < -0.3 is 14.9 Å². The number of aliphatic hydroxyl groups is 1. The molecular formula is C23H23ClN2O3. The highest BCUT2D eigenvalue weighted by Crippen LogP contribution is 2.26. The summed E-state index contributed by atoms with van der Waals surface area (Å²) in [6, 6.07) is 15.2. The molecule has 29 heavy (non-hydrogen) atoms. The van der Waals surface area contributed by atoms with Crippen LogP contribution in [0.25, 0.3) is 12.2 Å². The first-order valence-corrected chi connectivity index (χ1v) is 9.83. The smallest absolute Gasteiger partial charge is 0.246 e. The molecule has 0 spiro atoms. The number of aliphatic hydroxyl groups excluding tert-OH is 1. The second kappa shape index (κ2) is 10.0. The number of carbonyl (C=O) groups is 2. The lowest BCUT2D eigenvalue weighted by atomic mass is 10.1. The van der Waals surface area contributed by atoms with Gasteiger partial charge in [-0.05, 0) is 41.5 Å². The normalized spacial score (nSPS) is 14.7. The van der Waals surface area contributed by atoms with Crippen molar-refractivity contribution in [2.24, 2.45) is 0 Å². The Bertz CT molecular complexity index is 931. The molecule has 6 heteroatoms. The van der Waals surface area contributed by atoms with Crippen molar-refractivity contribution >= 4 is 41.1 Å². The third kappa shape index (κ3) is 5.79. The number of ketones is 1. The average molecular weight is 411 g/mol. The first-order chi connectivity index (χ1) is 14.1. The number of rotatable bonds is 6. The summed E-state index contributed by atoms with van der Waals surface area (Å²) in [5, 5.41) is 9.49. The van der Waals surface area contributed by atoms with E-state index >= 15 is 0 Å². The van der Waals surface area contributed by atoms with Gasteiger partial charge >= 0.3 is 0 Å². The van der Waals surface area contributed by atoms with Crippen molar-refractivity contribution in [1.82, 2.24) is 4.90 Å². The Morgan fingerprint density at radius 2 is 1.59 bits per heavy atom. The van der Waals surface area contributed by atoms with Gasteiger partial charge in [0.05, 0.1) is 10.7 Å². The van der Waals surface area contributed by atoms with Gasteiger partial charge in [0.1, 0.15) is 6.61 Å². The van der Waals surface area contributed by atoms with E-state index in [-0.39, 0.29) is 11.7 Å². The minimum atomic E-state index is -0.506. The molecule has 1 aliphatic rings. The molecule has 0 radical (unpaired) electrons. The summed E-state index contributed by atoms with van der Waals surface area (Å²) in [5.41, 5.74) is 2.70. The molecule has 1 N–H and O–H groups in total. The summed E-state index contributed by atoms with van der Waals surface area (Å²) in [6.45, 7) is 2.25. The molecule has 1 saturated heterocycles. The molecule has 0 aliphatic carbocycles. The van der Waals surface area contributed by atoms with Gasteiger partial charge in [0.25, 0.3) is 0 Å². The second-order valence-corrected chi connectivity index (χ2v) is 7.13. The number of nitrogens with zero attached hydrogens (tertiary/aromatic N) is 2. The minimum Gasteiger partial charge on any atom is -0.388 e. The Hall–Kier alpha value is -2.89. The van der Waals surface area contributed by atoms with Crippen LogP contribution in [0.1, 0.15) is 11.1 Å². The van der Waals surface area contributed by atoms with Crippen molar-refractivity contribution in [3.8, 4) is 0 Å². The summed E-state index contributed by atoms with van der Waals surface area (Å²) in [7, 11) is 0. The molecular weight excluding hydrogens is 388 g/mol. The summed E-state index contributed by atoms with van der Waals surface area (Å²) < 4.78 is 0. The number of carbonyl (C=O) groups excluding carboxylic acids is 2. The van der Waals surface area contributed by atoms with E-state index in [1.807, 2.05) is 53.4 Å². The fourth-order valence-electron chi connectivity index (χ4n) is 3.16. The number of halogens is 1. The molecule has 1 amide bonds. The Balaban J connectivity index is 1.57. The number of anilines is 1. The third-order valence-electron chi connectivity index (χ3n) is 4.73. The lowest BCUT2D eigenvalue weighted by Crippen LogP contribution is -2.48. The molecule has 1 fully saturated rings. The van der Waals surface area contributed by atoms with E-state index in [0.717, 1.165) is 34.9 Å². The van der Waals surface area contributed by atoms with Gasteiger partial charge in [-0.15, -0.1) is 0 Å². The van der Waals surface area contributed by atoms with E-state index in [1.165, 1.54) is 6.08 Å². The molecule has 1 aliphatic heterocycles. The zero-order chi connectivity index (χ0) is 20.6. The highest BCUT2D eigenvalue weighted by Gasteiger charge is 2.20. The lowest BCUT2D eigenvalue weighted by Gasteiger charge is -2.36. The SMILES string of the molecule is O=C(/C=C/c1cccc(/C=C/C(=O)N2CCN(c3ccccc3Cl)CC2)c1)CO. The van der Waals surface area contributed by atoms with E-state index in [9.17, 15) is 9.59 Å². The highest BCUT2D eigenvalue weighted by molar-refractivity contribution is 6.33. The Morgan fingerprint density at radius 1 is 0.931 bits per heavy atom. The summed E-state index contributed by atoms with van der Waals surface area (Å²) in [6.07, 6.45) is 6.33. The zero-order valence-corrected chi connectivity index (χ0v) is 16.8. The van der Waals surface area contributed by atoms with Crippen molar-refractivity contribution in [1.29, 1.82) is 0 Å². The van der Waals surface area contributed by atoms with Gasteiger partial charge in [-0.25, -0.2) is 0 Å². The van der Waals surface area contributed by atoms with E-state index in [2.05, 4.69) is 4.90 Å². The molecule has 2 aromatic carbocycles. The van der Waals surface area contributed by atoms with Crippen molar-refractivity contribution < 1.29 is 14.7 Å². The molecule has 3 rings (SSSR count). The summed E-state index contributed by atoms with van der Waals surface area (Å²) in [5.74, 6) is -0.378. The van der Waals surface area contributed by atoms with E-state index < -0.39 is 6.61 Å². The summed E-state index contributed by atoms with van der Waals surface area (Å²) >= 11 is 6.27. The monoisotopic (exact) mass is 410 g/mol. The second-order valence-electron chi connectivity index (χ2n) is 6.72. The van der Waals surface area contributed by atoms with Crippen LogP contribution in [0.5, 0.6) is 0 Å². The van der Waals surface area contributed by atoms with Crippen LogP contribution >= 0.6 is 11.6 Å². The molecule has 0 atom stereocenters. The number of hydrogen-bond donors (Lipinski definition) is 1. The van der Waals surface area contributed by atoms with Gasteiger partial charge in [0.2, 0.25) is 5.91 Å². The molecule has 2 aromatic rings. The van der Waals surface area contributed by atoms with Gasteiger partial charge in [0, 0.05) is 32.3 Å². The first-order valence-electron chi connectivity index (χ1n) is 9.45. The van der Waals surface area contributed by atoms with Crippen molar-refractivity contribution in [2.75, 3.05) is 37.7 Å². The topological polar surface area (TPSA) is 60.9 Å². The maximum absolute atomic E-state index is 12.5. The highest BCUT2D eigenvalue weighted by atomic mass is 35.5. The number of benzene rings is 2. The van der Waals surface area contributed by atoms with Gasteiger partial charge in [-0.3, -0.25) is 9.59 Å². The third-order valence-corrected chi connectivity index (χ3v) is 5.05.